The highest BCUT2D eigenvalue weighted by Gasteiger charge is 2.15. The second kappa shape index (κ2) is 11.0. The van der Waals surface area contributed by atoms with Crippen molar-refractivity contribution in [2.24, 2.45) is 5.10 Å². The number of hydrogen-bond donors (Lipinski definition) is 2. The number of esters is 1. The van der Waals surface area contributed by atoms with Crippen LogP contribution in [0.1, 0.15) is 21.5 Å². The molecule has 0 unspecified atom stereocenters. The van der Waals surface area contributed by atoms with Crippen molar-refractivity contribution in [1.29, 1.82) is 0 Å². The quantitative estimate of drug-likeness (QED) is 0.139. The lowest BCUT2D eigenvalue weighted by molar-refractivity contribution is -0.136. The van der Waals surface area contributed by atoms with Crippen LogP contribution in [0.25, 0.3) is 10.8 Å². The molecule has 0 fully saturated rings. The van der Waals surface area contributed by atoms with Crippen LogP contribution in [0.4, 0.5) is 5.69 Å². The number of carbonyl (C=O) groups is 3. The molecule has 36 heavy (non-hydrogen) atoms. The third kappa shape index (κ3) is 5.74. The largest absolute Gasteiger partial charge is 0.497 e. The topological polar surface area (TPSA) is 106 Å². The van der Waals surface area contributed by atoms with Crippen LogP contribution in [0.2, 0.25) is 0 Å². The van der Waals surface area contributed by atoms with Crippen molar-refractivity contribution in [2.45, 2.75) is 6.92 Å². The number of hydrogen-bond acceptors (Lipinski definition) is 6. The highest BCUT2D eigenvalue weighted by atomic mass is 16.5. The van der Waals surface area contributed by atoms with Crippen molar-refractivity contribution >= 4 is 40.5 Å². The molecule has 4 rings (SSSR count). The first-order valence-electron chi connectivity index (χ1n) is 11.0. The van der Waals surface area contributed by atoms with Crippen molar-refractivity contribution < 1.29 is 23.9 Å². The van der Waals surface area contributed by atoms with Gasteiger partial charge in [0, 0.05) is 11.3 Å². The number of hydrazone groups is 1. The molecule has 2 N–H and O–H groups in total. The van der Waals surface area contributed by atoms with E-state index in [1.54, 1.807) is 42.5 Å². The van der Waals surface area contributed by atoms with Crippen LogP contribution in [-0.4, -0.2) is 31.1 Å². The number of methoxy groups -OCH3 is 1. The summed E-state index contributed by atoms with van der Waals surface area (Å²) >= 11 is 0. The first-order valence-corrected chi connectivity index (χ1v) is 11.0. The fourth-order valence-corrected chi connectivity index (χ4v) is 3.41. The zero-order valence-electron chi connectivity index (χ0n) is 19.6. The summed E-state index contributed by atoms with van der Waals surface area (Å²) in [6, 6.07) is 24.5. The van der Waals surface area contributed by atoms with Gasteiger partial charge in [0.15, 0.2) is 0 Å². The average molecular weight is 482 g/mol. The maximum atomic E-state index is 12.7. The molecule has 0 saturated carbocycles. The van der Waals surface area contributed by atoms with Gasteiger partial charge in [-0.25, -0.2) is 10.2 Å². The van der Waals surface area contributed by atoms with E-state index < -0.39 is 17.8 Å². The molecular formula is C28H23N3O5. The van der Waals surface area contributed by atoms with Crippen molar-refractivity contribution in [3.63, 3.8) is 0 Å². The lowest BCUT2D eigenvalue weighted by atomic mass is 10.0. The van der Waals surface area contributed by atoms with Gasteiger partial charge < -0.3 is 14.8 Å². The van der Waals surface area contributed by atoms with Crippen molar-refractivity contribution in [2.75, 3.05) is 12.4 Å². The number of nitrogens with one attached hydrogen (secondary N) is 2. The number of ether oxygens (including phenoxy) is 2. The van der Waals surface area contributed by atoms with Gasteiger partial charge in [0.05, 0.1) is 18.9 Å². The summed E-state index contributed by atoms with van der Waals surface area (Å²) in [6.45, 7) is 1.93. The van der Waals surface area contributed by atoms with E-state index in [9.17, 15) is 14.4 Å². The van der Waals surface area contributed by atoms with Crippen LogP contribution in [0.3, 0.4) is 0 Å². The molecule has 8 heteroatoms. The minimum absolute atomic E-state index is 0.264. The third-order valence-electron chi connectivity index (χ3n) is 5.33. The van der Waals surface area contributed by atoms with Crippen LogP contribution >= 0.6 is 0 Å². The fraction of sp³-hybridized carbons (Fsp3) is 0.0714. The molecule has 0 spiro atoms. The summed E-state index contributed by atoms with van der Waals surface area (Å²) in [5.74, 6) is -1.49. The summed E-state index contributed by atoms with van der Waals surface area (Å²) in [6.07, 6.45) is 1.35. The van der Waals surface area contributed by atoms with Crippen LogP contribution in [0, 0.1) is 6.92 Å². The van der Waals surface area contributed by atoms with Gasteiger partial charge in [-0.1, -0.05) is 48.0 Å². The van der Waals surface area contributed by atoms with E-state index in [1.807, 2.05) is 49.4 Å². The Balaban J connectivity index is 1.51. The Morgan fingerprint density at radius 1 is 0.833 bits per heavy atom. The zero-order chi connectivity index (χ0) is 25.5. The SMILES string of the molecule is COc1ccc(NC(=O)C(=O)N/N=C/c2c(OC(=O)c3ccc(C)cc3)ccc3ccccc23)cc1. The number of amides is 2. The van der Waals surface area contributed by atoms with E-state index >= 15 is 0 Å². The Hall–Kier alpha value is -4.98. The molecule has 0 atom stereocenters. The fourth-order valence-electron chi connectivity index (χ4n) is 3.41. The minimum Gasteiger partial charge on any atom is -0.497 e. The lowest BCUT2D eigenvalue weighted by Gasteiger charge is -2.11. The predicted octanol–water partition coefficient (Wildman–Crippen LogP) is 4.46. The number of fused-ring (bicyclic) bond motifs is 1. The molecule has 2 amide bonds. The highest BCUT2D eigenvalue weighted by molar-refractivity contribution is 6.39. The van der Waals surface area contributed by atoms with E-state index in [0.29, 0.717) is 22.6 Å². The number of nitrogens with zero attached hydrogens (tertiary/aromatic N) is 1. The second-order valence-electron chi connectivity index (χ2n) is 7.84. The molecule has 0 aliphatic rings. The van der Waals surface area contributed by atoms with Crippen molar-refractivity contribution in [3.05, 3.63) is 102 Å². The van der Waals surface area contributed by atoms with Gasteiger partial charge in [0.1, 0.15) is 11.5 Å². The molecule has 0 radical (unpaired) electrons. The molecule has 8 nitrogen and oxygen atoms in total. The standard InChI is InChI=1S/C28H23N3O5/c1-18-7-9-20(10-8-18)28(34)36-25-16-11-19-5-3-4-6-23(19)24(25)17-29-31-27(33)26(32)30-21-12-14-22(35-2)15-13-21/h3-17H,1-2H3,(H,30,32)(H,31,33)/b29-17+. The number of rotatable bonds is 6. The maximum Gasteiger partial charge on any atom is 0.343 e. The first-order chi connectivity index (χ1) is 17.4. The molecule has 0 saturated heterocycles. The van der Waals surface area contributed by atoms with Gasteiger partial charge in [-0.05, 0) is 60.2 Å². The van der Waals surface area contributed by atoms with Crippen molar-refractivity contribution in [1.82, 2.24) is 5.43 Å². The molecule has 0 heterocycles. The third-order valence-corrected chi connectivity index (χ3v) is 5.33. The molecule has 180 valence electrons. The Morgan fingerprint density at radius 2 is 1.56 bits per heavy atom. The highest BCUT2D eigenvalue weighted by Crippen LogP contribution is 2.27. The Morgan fingerprint density at radius 3 is 2.28 bits per heavy atom. The summed E-state index contributed by atoms with van der Waals surface area (Å²) < 4.78 is 10.7. The van der Waals surface area contributed by atoms with E-state index in [4.69, 9.17) is 9.47 Å². The van der Waals surface area contributed by atoms with Gasteiger partial charge in [0.2, 0.25) is 0 Å². The van der Waals surface area contributed by atoms with Crippen molar-refractivity contribution in [3.8, 4) is 11.5 Å². The van der Waals surface area contributed by atoms with E-state index in [2.05, 4.69) is 15.8 Å². The Bertz CT molecular complexity index is 1440. The Labute approximate surface area is 207 Å². The number of aryl methyl sites for hydroxylation is 1. The molecule has 0 aliphatic carbocycles. The summed E-state index contributed by atoms with van der Waals surface area (Å²) in [5.41, 5.74) is 4.54. The maximum absolute atomic E-state index is 12.7. The molecular weight excluding hydrogens is 458 g/mol. The number of carbonyl (C=O) groups excluding carboxylic acids is 3. The predicted molar refractivity (Wildman–Crippen MR) is 137 cm³/mol. The number of anilines is 1. The Kier molecular flexibility index (Phi) is 7.36. The molecule has 0 aliphatic heterocycles. The second-order valence-corrected chi connectivity index (χ2v) is 7.84. The molecule has 4 aromatic rings. The van der Waals surface area contributed by atoms with E-state index in [-0.39, 0.29) is 5.75 Å². The molecule has 4 aromatic carbocycles. The van der Waals surface area contributed by atoms with Crippen LogP contribution < -0.4 is 20.2 Å². The van der Waals surface area contributed by atoms with Gasteiger partial charge in [0.25, 0.3) is 0 Å². The minimum atomic E-state index is -0.958. The molecule has 0 bridgehead atoms. The lowest BCUT2D eigenvalue weighted by Crippen LogP contribution is -2.32. The monoisotopic (exact) mass is 481 g/mol. The van der Waals surface area contributed by atoms with Gasteiger partial charge >= 0.3 is 17.8 Å². The average Bonchev–Trinajstić information content (AvgIpc) is 2.90. The van der Waals surface area contributed by atoms with Gasteiger partial charge in [-0.3, -0.25) is 9.59 Å². The smallest absolute Gasteiger partial charge is 0.343 e. The van der Waals surface area contributed by atoms with Gasteiger partial charge in [-0.2, -0.15) is 5.10 Å². The zero-order valence-corrected chi connectivity index (χ0v) is 19.6. The van der Waals surface area contributed by atoms with Crippen LogP contribution in [-0.2, 0) is 9.59 Å². The first kappa shape index (κ1) is 24.2. The normalized spacial score (nSPS) is 10.7. The number of benzene rings is 4. The summed E-state index contributed by atoms with van der Waals surface area (Å²) in [7, 11) is 1.53. The summed E-state index contributed by atoms with van der Waals surface area (Å²) in [5, 5.41) is 8.06. The molecule has 0 aromatic heterocycles. The van der Waals surface area contributed by atoms with Gasteiger partial charge in [-0.15, -0.1) is 0 Å². The van der Waals surface area contributed by atoms with Crippen LogP contribution in [0.5, 0.6) is 11.5 Å². The van der Waals surface area contributed by atoms with E-state index in [1.165, 1.54) is 13.3 Å². The van der Waals surface area contributed by atoms with Crippen LogP contribution in [0.15, 0.2) is 90.0 Å². The van der Waals surface area contributed by atoms with E-state index in [0.717, 1.165) is 16.3 Å². The summed E-state index contributed by atoms with van der Waals surface area (Å²) in [4.78, 5) is 37.2.